The third-order valence-corrected chi connectivity index (χ3v) is 2.46. The Balaban J connectivity index is 2.41. The highest BCUT2D eigenvalue weighted by Gasteiger charge is 2.09. The first kappa shape index (κ1) is 9.98. The van der Waals surface area contributed by atoms with E-state index in [4.69, 9.17) is 9.52 Å². The van der Waals surface area contributed by atoms with Gasteiger partial charge in [-0.05, 0) is 23.8 Å². The number of halogens is 1. The van der Waals surface area contributed by atoms with Crippen LogP contribution in [0.2, 0.25) is 0 Å². The molecule has 0 saturated heterocycles. The number of carbonyl (C=O) groups is 1. The third-order valence-electron chi connectivity index (χ3n) is 1.97. The Labute approximate surface area is 94.5 Å². The molecular weight excluding hydrogens is 260 g/mol. The molecule has 1 aromatic carbocycles. The molecule has 0 spiro atoms. The number of furan rings is 1. The zero-order valence-corrected chi connectivity index (χ0v) is 9.19. The zero-order chi connectivity index (χ0) is 10.8. The van der Waals surface area contributed by atoms with Crippen molar-refractivity contribution in [2.45, 2.75) is 0 Å². The van der Waals surface area contributed by atoms with Crippen molar-refractivity contribution in [1.29, 1.82) is 0 Å². The van der Waals surface area contributed by atoms with Gasteiger partial charge in [-0.25, -0.2) is 4.79 Å². The van der Waals surface area contributed by atoms with Gasteiger partial charge in [0, 0.05) is 10.0 Å². The minimum absolute atomic E-state index is 0.0509. The molecule has 0 aliphatic carbocycles. The maximum absolute atomic E-state index is 10.6. The average molecular weight is 267 g/mol. The smallest absolute Gasteiger partial charge is 0.371 e. The topological polar surface area (TPSA) is 50.4 Å². The average Bonchev–Trinajstić information content (AvgIpc) is 2.66. The fraction of sp³-hybridized carbons (Fsp3) is 0. The van der Waals surface area contributed by atoms with E-state index in [2.05, 4.69) is 15.9 Å². The van der Waals surface area contributed by atoms with Gasteiger partial charge in [0.05, 0.1) is 6.26 Å². The Bertz CT molecular complexity index is 502. The van der Waals surface area contributed by atoms with Crippen molar-refractivity contribution < 1.29 is 14.3 Å². The van der Waals surface area contributed by atoms with E-state index in [-0.39, 0.29) is 5.76 Å². The molecule has 0 aliphatic heterocycles. The van der Waals surface area contributed by atoms with E-state index in [1.807, 2.05) is 24.3 Å². The summed E-state index contributed by atoms with van der Waals surface area (Å²) in [6, 6.07) is 9.08. The summed E-state index contributed by atoms with van der Waals surface area (Å²) in [6.07, 6.45) is 1.44. The fourth-order valence-corrected chi connectivity index (χ4v) is 1.67. The van der Waals surface area contributed by atoms with Crippen LogP contribution >= 0.6 is 15.9 Å². The van der Waals surface area contributed by atoms with E-state index < -0.39 is 5.97 Å². The van der Waals surface area contributed by atoms with Crippen molar-refractivity contribution in [3.63, 3.8) is 0 Å². The van der Waals surface area contributed by atoms with Crippen LogP contribution in [-0.4, -0.2) is 11.1 Å². The SMILES string of the molecule is O=C(O)c1cc(-c2cccc(Br)c2)co1. The summed E-state index contributed by atoms with van der Waals surface area (Å²) in [5.41, 5.74) is 1.68. The summed E-state index contributed by atoms with van der Waals surface area (Å²) in [5.74, 6) is -1.11. The second-order valence-electron chi connectivity index (χ2n) is 3.02. The molecule has 0 radical (unpaired) electrons. The molecule has 0 aliphatic rings. The van der Waals surface area contributed by atoms with Crippen molar-refractivity contribution in [3.8, 4) is 11.1 Å². The summed E-state index contributed by atoms with van der Waals surface area (Å²) in [7, 11) is 0. The van der Waals surface area contributed by atoms with Crippen molar-refractivity contribution in [2.75, 3.05) is 0 Å². The van der Waals surface area contributed by atoms with E-state index in [1.165, 1.54) is 12.3 Å². The first-order chi connectivity index (χ1) is 7.16. The molecule has 15 heavy (non-hydrogen) atoms. The molecule has 0 fully saturated rings. The van der Waals surface area contributed by atoms with Gasteiger partial charge in [-0.3, -0.25) is 0 Å². The minimum atomic E-state index is -1.06. The monoisotopic (exact) mass is 266 g/mol. The molecule has 1 heterocycles. The second kappa shape index (κ2) is 3.90. The Morgan fingerprint density at radius 2 is 2.07 bits per heavy atom. The van der Waals surface area contributed by atoms with Crippen LogP contribution < -0.4 is 0 Å². The first-order valence-corrected chi connectivity index (χ1v) is 5.04. The Morgan fingerprint density at radius 3 is 2.67 bits per heavy atom. The zero-order valence-electron chi connectivity index (χ0n) is 7.61. The molecule has 2 rings (SSSR count). The molecule has 3 nitrogen and oxygen atoms in total. The lowest BCUT2D eigenvalue weighted by Crippen LogP contribution is -1.91. The summed E-state index contributed by atoms with van der Waals surface area (Å²) in [5, 5.41) is 8.70. The van der Waals surface area contributed by atoms with Gasteiger partial charge < -0.3 is 9.52 Å². The molecular formula is C11H7BrO3. The lowest BCUT2D eigenvalue weighted by atomic mass is 10.1. The lowest BCUT2D eigenvalue weighted by Gasteiger charge is -1.96. The lowest BCUT2D eigenvalue weighted by molar-refractivity contribution is 0.0662. The largest absolute Gasteiger partial charge is 0.475 e. The van der Waals surface area contributed by atoms with Crippen molar-refractivity contribution in [2.24, 2.45) is 0 Å². The van der Waals surface area contributed by atoms with E-state index in [0.717, 1.165) is 15.6 Å². The standard InChI is InChI=1S/C11H7BrO3/c12-9-3-1-2-7(4-9)8-5-10(11(13)14)15-6-8/h1-6H,(H,13,14). The first-order valence-electron chi connectivity index (χ1n) is 4.24. The van der Waals surface area contributed by atoms with Gasteiger partial charge in [-0.2, -0.15) is 0 Å². The minimum Gasteiger partial charge on any atom is -0.475 e. The Morgan fingerprint density at radius 1 is 1.27 bits per heavy atom. The highest BCUT2D eigenvalue weighted by molar-refractivity contribution is 9.10. The highest BCUT2D eigenvalue weighted by Crippen LogP contribution is 2.24. The van der Waals surface area contributed by atoms with Gasteiger partial charge in [0.1, 0.15) is 0 Å². The maximum Gasteiger partial charge on any atom is 0.371 e. The number of benzene rings is 1. The summed E-state index contributed by atoms with van der Waals surface area (Å²) in [4.78, 5) is 10.6. The van der Waals surface area contributed by atoms with Gasteiger partial charge in [0.2, 0.25) is 5.76 Å². The fourth-order valence-electron chi connectivity index (χ4n) is 1.27. The third kappa shape index (κ3) is 2.10. The molecule has 0 amide bonds. The molecule has 76 valence electrons. The summed E-state index contributed by atoms with van der Waals surface area (Å²) in [6.45, 7) is 0. The molecule has 0 saturated carbocycles. The molecule has 1 aromatic heterocycles. The van der Waals surface area contributed by atoms with Crippen LogP contribution in [-0.2, 0) is 0 Å². The van der Waals surface area contributed by atoms with Crippen LogP contribution in [0.15, 0.2) is 45.5 Å². The summed E-state index contributed by atoms with van der Waals surface area (Å²) < 4.78 is 5.85. The molecule has 2 aromatic rings. The van der Waals surface area contributed by atoms with Gasteiger partial charge in [-0.15, -0.1) is 0 Å². The van der Waals surface area contributed by atoms with E-state index >= 15 is 0 Å². The van der Waals surface area contributed by atoms with Gasteiger partial charge in [0.15, 0.2) is 0 Å². The number of hydrogen-bond acceptors (Lipinski definition) is 2. The molecule has 1 N–H and O–H groups in total. The van der Waals surface area contributed by atoms with Crippen LogP contribution in [0.3, 0.4) is 0 Å². The van der Waals surface area contributed by atoms with E-state index in [1.54, 1.807) is 0 Å². The van der Waals surface area contributed by atoms with Crippen LogP contribution in [0.1, 0.15) is 10.6 Å². The van der Waals surface area contributed by atoms with Crippen LogP contribution in [0.5, 0.6) is 0 Å². The predicted octanol–water partition coefficient (Wildman–Crippen LogP) is 3.41. The Hall–Kier alpha value is -1.55. The van der Waals surface area contributed by atoms with Crippen LogP contribution in [0.25, 0.3) is 11.1 Å². The van der Waals surface area contributed by atoms with E-state index in [9.17, 15) is 4.79 Å². The second-order valence-corrected chi connectivity index (χ2v) is 3.93. The van der Waals surface area contributed by atoms with Crippen molar-refractivity contribution in [3.05, 3.63) is 46.8 Å². The van der Waals surface area contributed by atoms with Crippen molar-refractivity contribution in [1.82, 2.24) is 0 Å². The number of rotatable bonds is 2. The number of aromatic carboxylic acids is 1. The van der Waals surface area contributed by atoms with Gasteiger partial charge in [0.25, 0.3) is 0 Å². The maximum atomic E-state index is 10.6. The number of carboxylic acids is 1. The molecule has 0 atom stereocenters. The van der Waals surface area contributed by atoms with Crippen LogP contribution in [0, 0.1) is 0 Å². The molecule has 0 bridgehead atoms. The highest BCUT2D eigenvalue weighted by atomic mass is 79.9. The Kier molecular flexibility index (Phi) is 2.60. The molecule has 0 unspecified atom stereocenters. The van der Waals surface area contributed by atoms with Crippen LogP contribution in [0.4, 0.5) is 0 Å². The number of hydrogen-bond donors (Lipinski definition) is 1. The van der Waals surface area contributed by atoms with E-state index in [0.29, 0.717) is 0 Å². The predicted molar refractivity (Wildman–Crippen MR) is 58.8 cm³/mol. The number of carboxylic acid groups (broad SMARTS) is 1. The van der Waals surface area contributed by atoms with Gasteiger partial charge in [-0.1, -0.05) is 28.1 Å². The molecule has 4 heteroatoms. The normalized spacial score (nSPS) is 10.2. The van der Waals surface area contributed by atoms with Gasteiger partial charge >= 0.3 is 5.97 Å². The summed E-state index contributed by atoms with van der Waals surface area (Å²) >= 11 is 3.35. The van der Waals surface area contributed by atoms with Crippen molar-refractivity contribution >= 4 is 21.9 Å². The quantitative estimate of drug-likeness (QED) is 0.907.